The van der Waals surface area contributed by atoms with Gasteiger partial charge < -0.3 is 15.7 Å². The summed E-state index contributed by atoms with van der Waals surface area (Å²) in [4.78, 5) is 14.0. The molecule has 1 saturated heterocycles. The van der Waals surface area contributed by atoms with Crippen LogP contribution < -0.4 is 5.73 Å². The molecule has 0 aromatic rings. The van der Waals surface area contributed by atoms with Gasteiger partial charge in [-0.2, -0.15) is 0 Å². The summed E-state index contributed by atoms with van der Waals surface area (Å²) in [6, 6.07) is -0.269. The normalized spacial score (nSPS) is 30.6. The number of aliphatic hydroxyl groups excluding tert-OH is 1. The third kappa shape index (κ3) is 3.17. The molecule has 4 nitrogen and oxygen atoms in total. The van der Waals surface area contributed by atoms with Crippen molar-refractivity contribution in [1.29, 1.82) is 0 Å². The molecule has 116 valence electrons. The molecular formula is C16H30N2O2. The zero-order chi connectivity index (χ0) is 14.9. The number of amides is 1. The topological polar surface area (TPSA) is 66.6 Å². The Morgan fingerprint density at radius 1 is 1.35 bits per heavy atom. The van der Waals surface area contributed by atoms with Gasteiger partial charge in [-0.1, -0.05) is 32.1 Å². The first-order valence-electron chi connectivity index (χ1n) is 8.04. The zero-order valence-electron chi connectivity index (χ0n) is 13.1. The van der Waals surface area contributed by atoms with Crippen molar-refractivity contribution in [3.63, 3.8) is 0 Å². The Labute approximate surface area is 122 Å². The lowest BCUT2D eigenvalue weighted by Gasteiger charge is -2.29. The highest BCUT2D eigenvalue weighted by Gasteiger charge is 2.47. The van der Waals surface area contributed by atoms with E-state index in [-0.39, 0.29) is 23.4 Å². The average molecular weight is 282 g/mol. The monoisotopic (exact) mass is 282 g/mol. The minimum absolute atomic E-state index is 0.0431. The highest BCUT2D eigenvalue weighted by molar-refractivity contribution is 5.82. The summed E-state index contributed by atoms with van der Waals surface area (Å²) in [5.41, 5.74) is 6.03. The van der Waals surface area contributed by atoms with Crippen LogP contribution in [0.4, 0.5) is 0 Å². The first kappa shape index (κ1) is 15.8. The van der Waals surface area contributed by atoms with Gasteiger partial charge in [-0.15, -0.1) is 0 Å². The van der Waals surface area contributed by atoms with Crippen molar-refractivity contribution < 1.29 is 9.90 Å². The summed E-state index contributed by atoms with van der Waals surface area (Å²) in [6.45, 7) is 4.09. The van der Waals surface area contributed by atoms with E-state index in [2.05, 4.69) is 0 Å². The zero-order valence-corrected chi connectivity index (χ0v) is 13.1. The van der Waals surface area contributed by atoms with E-state index in [0.717, 1.165) is 6.42 Å². The summed E-state index contributed by atoms with van der Waals surface area (Å²) in [7, 11) is 1.82. The van der Waals surface area contributed by atoms with Crippen LogP contribution in [0.1, 0.15) is 58.8 Å². The molecule has 1 saturated carbocycles. The van der Waals surface area contributed by atoms with Crippen molar-refractivity contribution in [2.75, 3.05) is 7.05 Å². The van der Waals surface area contributed by atoms with Gasteiger partial charge >= 0.3 is 0 Å². The van der Waals surface area contributed by atoms with Gasteiger partial charge in [-0.05, 0) is 32.6 Å². The standard InChI is InChI=1S/C16H30N2O2/c1-16(2)10-12(15(20)18(16)3)14(19)13(17)9-11-7-5-4-6-8-11/h11-14,19H,4-10,17H2,1-3H3/t12-,13-,14-/m0/s1. The predicted octanol–water partition coefficient (Wildman–Crippen LogP) is 1.90. The molecule has 2 rings (SSSR count). The summed E-state index contributed by atoms with van der Waals surface area (Å²) in [5, 5.41) is 10.5. The van der Waals surface area contributed by atoms with Gasteiger partial charge in [0.05, 0.1) is 12.0 Å². The lowest BCUT2D eigenvalue weighted by molar-refractivity contribution is -0.134. The highest BCUT2D eigenvalue weighted by atomic mass is 16.3. The Kier molecular flexibility index (Phi) is 4.75. The number of carbonyl (C=O) groups excluding carboxylic acids is 1. The summed E-state index contributed by atoms with van der Waals surface area (Å²) >= 11 is 0. The number of aliphatic hydroxyl groups is 1. The third-order valence-corrected chi connectivity index (χ3v) is 5.46. The molecule has 1 aliphatic carbocycles. The molecule has 0 radical (unpaired) electrons. The first-order chi connectivity index (χ1) is 9.33. The molecule has 0 spiro atoms. The van der Waals surface area contributed by atoms with Gasteiger partial charge in [0.15, 0.2) is 0 Å². The second-order valence-electron chi connectivity index (χ2n) is 7.41. The van der Waals surface area contributed by atoms with Crippen molar-refractivity contribution in [3.05, 3.63) is 0 Å². The molecule has 1 aliphatic heterocycles. The Balaban J connectivity index is 1.93. The number of carbonyl (C=O) groups is 1. The molecule has 0 bridgehead atoms. The lowest BCUT2D eigenvalue weighted by Crippen LogP contribution is -2.44. The summed E-state index contributed by atoms with van der Waals surface area (Å²) in [5.74, 6) is 0.353. The minimum atomic E-state index is -0.700. The fourth-order valence-corrected chi connectivity index (χ4v) is 3.82. The van der Waals surface area contributed by atoms with Crippen molar-refractivity contribution in [2.24, 2.45) is 17.6 Å². The molecule has 1 heterocycles. The predicted molar refractivity (Wildman–Crippen MR) is 80.1 cm³/mol. The molecule has 2 fully saturated rings. The van der Waals surface area contributed by atoms with Crippen LogP contribution in [0, 0.1) is 11.8 Å². The molecule has 1 amide bonds. The maximum Gasteiger partial charge on any atom is 0.228 e. The van der Waals surface area contributed by atoms with Crippen LogP contribution in [0.25, 0.3) is 0 Å². The fraction of sp³-hybridized carbons (Fsp3) is 0.938. The number of hydrogen-bond donors (Lipinski definition) is 2. The van der Waals surface area contributed by atoms with E-state index in [1.54, 1.807) is 4.90 Å². The SMILES string of the molecule is CN1C(=O)[C@H]([C@H](O)[C@@H](N)CC2CCCCC2)CC1(C)C. The Morgan fingerprint density at radius 2 is 1.95 bits per heavy atom. The largest absolute Gasteiger partial charge is 0.391 e. The van der Waals surface area contributed by atoms with E-state index in [4.69, 9.17) is 5.73 Å². The number of hydrogen-bond acceptors (Lipinski definition) is 3. The van der Waals surface area contributed by atoms with Crippen molar-refractivity contribution >= 4 is 5.91 Å². The van der Waals surface area contributed by atoms with Crippen LogP contribution in [0.15, 0.2) is 0 Å². The second kappa shape index (κ2) is 6.02. The molecule has 0 aromatic carbocycles. The molecule has 0 unspecified atom stereocenters. The van der Waals surface area contributed by atoms with Crippen LogP contribution in [-0.4, -0.2) is 40.6 Å². The van der Waals surface area contributed by atoms with Gasteiger partial charge in [0.25, 0.3) is 0 Å². The number of nitrogens with zero attached hydrogens (tertiary/aromatic N) is 1. The van der Waals surface area contributed by atoms with Crippen molar-refractivity contribution in [3.8, 4) is 0 Å². The van der Waals surface area contributed by atoms with Crippen LogP contribution in [0.3, 0.4) is 0 Å². The first-order valence-corrected chi connectivity index (χ1v) is 8.04. The van der Waals surface area contributed by atoms with E-state index in [9.17, 15) is 9.90 Å². The van der Waals surface area contributed by atoms with Gasteiger partial charge in [0.2, 0.25) is 5.91 Å². The third-order valence-electron chi connectivity index (χ3n) is 5.46. The maximum atomic E-state index is 12.3. The number of rotatable bonds is 4. The van der Waals surface area contributed by atoms with E-state index < -0.39 is 6.10 Å². The average Bonchev–Trinajstić information content (AvgIpc) is 2.62. The van der Waals surface area contributed by atoms with Crippen molar-refractivity contribution in [2.45, 2.75) is 76.5 Å². The van der Waals surface area contributed by atoms with Crippen LogP contribution in [0.5, 0.6) is 0 Å². The Bertz CT molecular complexity index is 350. The molecule has 3 atom stereocenters. The van der Waals surface area contributed by atoms with Crippen molar-refractivity contribution in [1.82, 2.24) is 4.90 Å². The summed E-state index contributed by atoms with van der Waals surface area (Å²) < 4.78 is 0. The smallest absolute Gasteiger partial charge is 0.228 e. The second-order valence-corrected chi connectivity index (χ2v) is 7.41. The maximum absolute atomic E-state index is 12.3. The van der Waals surface area contributed by atoms with Gasteiger partial charge in [-0.3, -0.25) is 4.79 Å². The molecule has 0 aromatic heterocycles. The summed E-state index contributed by atoms with van der Waals surface area (Å²) in [6.07, 6.45) is 7.20. The van der Waals surface area contributed by atoms with E-state index in [0.29, 0.717) is 12.3 Å². The highest BCUT2D eigenvalue weighted by Crippen LogP contribution is 2.36. The van der Waals surface area contributed by atoms with E-state index in [1.165, 1.54) is 32.1 Å². The molecule has 4 heteroatoms. The number of likely N-dealkylation sites (tertiary alicyclic amines) is 1. The Morgan fingerprint density at radius 3 is 2.45 bits per heavy atom. The van der Waals surface area contributed by atoms with Gasteiger partial charge in [-0.25, -0.2) is 0 Å². The molecule has 2 aliphatic rings. The number of nitrogens with two attached hydrogens (primary N) is 1. The minimum Gasteiger partial charge on any atom is -0.391 e. The van der Waals surface area contributed by atoms with Crippen LogP contribution >= 0.6 is 0 Å². The van der Waals surface area contributed by atoms with E-state index in [1.807, 2.05) is 20.9 Å². The molecular weight excluding hydrogens is 252 g/mol. The molecule has 3 N–H and O–H groups in total. The van der Waals surface area contributed by atoms with Crippen LogP contribution in [-0.2, 0) is 4.79 Å². The van der Waals surface area contributed by atoms with Gasteiger partial charge in [0.1, 0.15) is 0 Å². The van der Waals surface area contributed by atoms with Gasteiger partial charge in [0, 0.05) is 18.6 Å². The Hall–Kier alpha value is -0.610. The lowest BCUT2D eigenvalue weighted by atomic mass is 9.81. The molecule has 20 heavy (non-hydrogen) atoms. The van der Waals surface area contributed by atoms with E-state index >= 15 is 0 Å². The quantitative estimate of drug-likeness (QED) is 0.827. The fourth-order valence-electron chi connectivity index (χ4n) is 3.82. The van der Waals surface area contributed by atoms with Crippen LogP contribution in [0.2, 0.25) is 0 Å².